The van der Waals surface area contributed by atoms with Gasteiger partial charge in [-0.15, -0.1) is 0 Å². The van der Waals surface area contributed by atoms with Crippen LogP contribution in [0.2, 0.25) is 0 Å². The summed E-state index contributed by atoms with van der Waals surface area (Å²) in [6, 6.07) is 5.99. The predicted octanol–water partition coefficient (Wildman–Crippen LogP) is 2.26. The van der Waals surface area contributed by atoms with E-state index in [0.717, 1.165) is 37.5 Å². The molecule has 112 valence electrons. The Labute approximate surface area is 126 Å². The molecule has 0 atom stereocenters. The molecule has 3 aliphatic rings. The SMILES string of the molecule is CC1CN(C2(c3cccc(C(=O)N4CCCC4)n3)CC2)C1. The molecule has 4 rings (SSSR count). The molecule has 0 aromatic carbocycles. The molecule has 4 nitrogen and oxygen atoms in total. The molecule has 1 aliphatic carbocycles. The smallest absolute Gasteiger partial charge is 0.272 e. The van der Waals surface area contributed by atoms with Crippen molar-refractivity contribution in [3.05, 3.63) is 29.6 Å². The molecule has 0 radical (unpaired) electrons. The third-order valence-corrected chi connectivity index (χ3v) is 5.23. The van der Waals surface area contributed by atoms with Crippen LogP contribution in [0.4, 0.5) is 0 Å². The fourth-order valence-electron chi connectivity index (χ4n) is 3.80. The van der Waals surface area contributed by atoms with Crippen molar-refractivity contribution in [3.63, 3.8) is 0 Å². The largest absolute Gasteiger partial charge is 0.337 e. The molecule has 0 N–H and O–H groups in total. The summed E-state index contributed by atoms with van der Waals surface area (Å²) in [5, 5.41) is 0. The molecule has 0 spiro atoms. The standard InChI is InChI=1S/C17H23N3O/c1-13-11-20(12-13)17(7-8-17)15-6-4-5-14(18-15)16(21)19-9-2-3-10-19/h4-6,13H,2-3,7-12H2,1H3. The number of aromatic nitrogens is 1. The highest BCUT2D eigenvalue weighted by Gasteiger charge is 2.53. The first-order valence-electron chi connectivity index (χ1n) is 8.21. The normalized spacial score (nSPS) is 24.9. The number of carbonyl (C=O) groups is 1. The lowest BCUT2D eigenvalue weighted by Gasteiger charge is -2.43. The fourth-order valence-corrected chi connectivity index (χ4v) is 3.80. The van der Waals surface area contributed by atoms with Gasteiger partial charge in [0.25, 0.3) is 5.91 Å². The molecule has 1 amide bonds. The van der Waals surface area contributed by atoms with E-state index in [1.54, 1.807) is 0 Å². The van der Waals surface area contributed by atoms with E-state index in [0.29, 0.717) is 5.69 Å². The van der Waals surface area contributed by atoms with Gasteiger partial charge in [-0.25, -0.2) is 4.98 Å². The second kappa shape index (κ2) is 4.80. The maximum Gasteiger partial charge on any atom is 0.272 e. The summed E-state index contributed by atoms with van der Waals surface area (Å²) in [6.45, 7) is 6.42. The number of hydrogen-bond donors (Lipinski definition) is 0. The molecule has 1 saturated carbocycles. The van der Waals surface area contributed by atoms with E-state index in [4.69, 9.17) is 4.98 Å². The Bertz CT molecular complexity index is 555. The van der Waals surface area contributed by atoms with Crippen molar-refractivity contribution in [2.45, 2.75) is 38.1 Å². The Kier molecular flexibility index (Phi) is 3.03. The van der Waals surface area contributed by atoms with Gasteiger partial charge in [0.15, 0.2) is 0 Å². The van der Waals surface area contributed by atoms with Gasteiger partial charge < -0.3 is 4.90 Å². The minimum Gasteiger partial charge on any atom is -0.337 e. The summed E-state index contributed by atoms with van der Waals surface area (Å²) < 4.78 is 0. The Morgan fingerprint density at radius 2 is 1.95 bits per heavy atom. The van der Waals surface area contributed by atoms with Gasteiger partial charge >= 0.3 is 0 Å². The van der Waals surface area contributed by atoms with Crippen LogP contribution in [0.25, 0.3) is 0 Å². The predicted molar refractivity (Wildman–Crippen MR) is 81.0 cm³/mol. The first-order chi connectivity index (χ1) is 10.2. The third kappa shape index (κ3) is 2.16. The first kappa shape index (κ1) is 13.3. The van der Waals surface area contributed by atoms with E-state index in [1.807, 2.05) is 17.0 Å². The number of rotatable bonds is 3. The van der Waals surface area contributed by atoms with Crippen LogP contribution in [0.5, 0.6) is 0 Å². The lowest BCUT2D eigenvalue weighted by atomic mass is 9.96. The highest BCUT2D eigenvalue weighted by molar-refractivity contribution is 5.92. The van der Waals surface area contributed by atoms with Gasteiger partial charge in [-0.3, -0.25) is 9.69 Å². The second-order valence-electron chi connectivity index (χ2n) is 6.95. The van der Waals surface area contributed by atoms with Crippen molar-refractivity contribution in [3.8, 4) is 0 Å². The maximum absolute atomic E-state index is 12.5. The highest BCUT2D eigenvalue weighted by atomic mass is 16.2. The molecule has 2 saturated heterocycles. The van der Waals surface area contributed by atoms with E-state index in [9.17, 15) is 4.79 Å². The molecule has 3 fully saturated rings. The van der Waals surface area contributed by atoms with Crippen LogP contribution in [0, 0.1) is 5.92 Å². The number of likely N-dealkylation sites (tertiary alicyclic amines) is 2. The van der Waals surface area contributed by atoms with Crippen molar-refractivity contribution < 1.29 is 4.79 Å². The van der Waals surface area contributed by atoms with Crippen molar-refractivity contribution in [1.82, 2.24) is 14.8 Å². The van der Waals surface area contributed by atoms with Crippen LogP contribution < -0.4 is 0 Å². The van der Waals surface area contributed by atoms with Crippen LogP contribution >= 0.6 is 0 Å². The number of carbonyl (C=O) groups excluding carboxylic acids is 1. The molecule has 0 unspecified atom stereocenters. The van der Waals surface area contributed by atoms with Crippen LogP contribution in [-0.2, 0) is 5.54 Å². The minimum absolute atomic E-state index is 0.113. The molecule has 0 bridgehead atoms. The van der Waals surface area contributed by atoms with Crippen molar-refractivity contribution in [2.24, 2.45) is 5.92 Å². The summed E-state index contributed by atoms with van der Waals surface area (Å²) in [7, 11) is 0. The second-order valence-corrected chi connectivity index (χ2v) is 6.95. The number of pyridine rings is 1. The van der Waals surface area contributed by atoms with Gasteiger partial charge in [0, 0.05) is 26.2 Å². The summed E-state index contributed by atoms with van der Waals surface area (Å²) >= 11 is 0. The van der Waals surface area contributed by atoms with E-state index >= 15 is 0 Å². The average Bonchev–Trinajstić information content (AvgIpc) is 3.09. The van der Waals surface area contributed by atoms with E-state index in [1.165, 1.54) is 25.9 Å². The van der Waals surface area contributed by atoms with Gasteiger partial charge in [-0.1, -0.05) is 13.0 Å². The quantitative estimate of drug-likeness (QED) is 0.854. The lowest BCUT2D eigenvalue weighted by Crippen LogP contribution is -2.51. The first-order valence-corrected chi connectivity index (χ1v) is 8.21. The van der Waals surface area contributed by atoms with Crippen LogP contribution in [-0.4, -0.2) is 46.9 Å². The zero-order valence-electron chi connectivity index (χ0n) is 12.7. The summed E-state index contributed by atoms with van der Waals surface area (Å²) in [6.07, 6.45) is 4.63. The summed E-state index contributed by atoms with van der Waals surface area (Å²) in [5.74, 6) is 0.916. The summed E-state index contributed by atoms with van der Waals surface area (Å²) in [4.78, 5) is 21.7. The fraction of sp³-hybridized carbons (Fsp3) is 0.647. The van der Waals surface area contributed by atoms with Crippen LogP contribution in [0.3, 0.4) is 0 Å². The molecule has 21 heavy (non-hydrogen) atoms. The molecular formula is C17H23N3O. The molecule has 1 aromatic heterocycles. The van der Waals surface area contributed by atoms with Gasteiger partial charge in [0.1, 0.15) is 5.69 Å². The number of amides is 1. The van der Waals surface area contributed by atoms with Crippen molar-refractivity contribution in [1.29, 1.82) is 0 Å². The van der Waals surface area contributed by atoms with E-state index < -0.39 is 0 Å². The Hall–Kier alpha value is -1.42. The average molecular weight is 285 g/mol. The van der Waals surface area contributed by atoms with Crippen LogP contribution in [0.15, 0.2) is 18.2 Å². The highest BCUT2D eigenvalue weighted by Crippen LogP contribution is 2.52. The topological polar surface area (TPSA) is 36.4 Å². The number of hydrogen-bond acceptors (Lipinski definition) is 3. The Morgan fingerprint density at radius 1 is 1.24 bits per heavy atom. The minimum atomic E-state index is 0.113. The molecular weight excluding hydrogens is 262 g/mol. The zero-order chi connectivity index (χ0) is 14.4. The number of nitrogens with zero attached hydrogens (tertiary/aromatic N) is 3. The maximum atomic E-state index is 12.5. The molecule has 4 heteroatoms. The van der Waals surface area contributed by atoms with Crippen molar-refractivity contribution in [2.75, 3.05) is 26.2 Å². The molecule has 3 heterocycles. The third-order valence-electron chi connectivity index (χ3n) is 5.23. The van der Waals surface area contributed by atoms with Crippen LogP contribution in [0.1, 0.15) is 48.8 Å². The Balaban J connectivity index is 1.57. The summed E-state index contributed by atoms with van der Waals surface area (Å²) in [5.41, 5.74) is 1.89. The van der Waals surface area contributed by atoms with E-state index in [2.05, 4.69) is 17.9 Å². The Morgan fingerprint density at radius 3 is 2.57 bits per heavy atom. The van der Waals surface area contributed by atoms with E-state index in [-0.39, 0.29) is 11.4 Å². The van der Waals surface area contributed by atoms with Gasteiger partial charge in [0.05, 0.1) is 11.2 Å². The van der Waals surface area contributed by atoms with Gasteiger partial charge in [-0.05, 0) is 43.7 Å². The molecule has 2 aliphatic heterocycles. The zero-order valence-corrected chi connectivity index (χ0v) is 12.7. The monoisotopic (exact) mass is 285 g/mol. The molecule has 1 aromatic rings. The van der Waals surface area contributed by atoms with Gasteiger partial charge in [0.2, 0.25) is 0 Å². The van der Waals surface area contributed by atoms with Gasteiger partial charge in [-0.2, -0.15) is 0 Å². The lowest BCUT2D eigenvalue weighted by molar-refractivity contribution is 0.0440. The van der Waals surface area contributed by atoms with Crippen molar-refractivity contribution >= 4 is 5.91 Å².